The topological polar surface area (TPSA) is 74.3 Å². The van der Waals surface area contributed by atoms with Gasteiger partial charge in [0.05, 0.1) is 11.9 Å². The Kier molecular flexibility index (Phi) is 5.83. The van der Waals surface area contributed by atoms with E-state index in [-0.39, 0.29) is 12.4 Å². The first-order valence-electron chi connectivity index (χ1n) is 7.42. The minimum atomic E-state index is -0.756. The molecular formula is C17H19FN4O2. The molecule has 0 atom stereocenters. The highest BCUT2D eigenvalue weighted by Gasteiger charge is 2.13. The van der Waals surface area contributed by atoms with Crippen molar-refractivity contribution in [2.24, 2.45) is 0 Å². The van der Waals surface area contributed by atoms with E-state index in [2.05, 4.69) is 15.6 Å². The maximum absolute atomic E-state index is 12.8. The van der Waals surface area contributed by atoms with Gasteiger partial charge >= 0.3 is 11.8 Å². The zero-order valence-corrected chi connectivity index (χ0v) is 13.5. The average molecular weight is 330 g/mol. The van der Waals surface area contributed by atoms with Crippen molar-refractivity contribution in [3.8, 4) is 0 Å². The van der Waals surface area contributed by atoms with Crippen LogP contribution in [0, 0.1) is 5.82 Å². The van der Waals surface area contributed by atoms with Crippen LogP contribution in [-0.2, 0) is 16.0 Å². The van der Waals surface area contributed by atoms with Crippen molar-refractivity contribution >= 4 is 23.3 Å². The van der Waals surface area contributed by atoms with Gasteiger partial charge in [0.1, 0.15) is 11.6 Å². The van der Waals surface area contributed by atoms with Gasteiger partial charge in [-0.1, -0.05) is 12.1 Å². The second kappa shape index (κ2) is 8.05. The lowest BCUT2D eigenvalue weighted by Crippen LogP contribution is -2.36. The minimum absolute atomic E-state index is 0.287. The number of nitrogens with one attached hydrogen (secondary N) is 2. The molecule has 1 heterocycles. The average Bonchev–Trinajstić information content (AvgIpc) is 2.57. The zero-order chi connectivity index (χ0) is 17.5. The summed E-state index contributed by atoms with van der Waals surface area (Å²) in [5, 5.41) is 5.00. The number of benzene rings is 1. The van der Waals surface area contributed by atoms with Crippen molar-refractivity contribution in [2.75, 3.05) is 30.9 Å². The number of hydrogen-bond acceptors (Lipinski definition) is 4. The van der Waals surface area contributed by atoms with Crippen molar-refractivity contribution < 1.29 is 14.0 Å². The predicted octanol–water partition coefficient (Wildman–Crippen LogP) is 1.58. The summed E-state index contributed by atoms with van der Waals surface area (Å²) in [5.74, 6) is -1.05. The molecule has 0 spiro atoms. The van der Waals surface area contributed by atoms with E-state index in [1.807, 2.05) is 19.0 Å². The lowest BCUT2D eigenvalue weighted by Gasteiger charge is -2.11. The van der Waals surface area contributed by atoms with Crippen LogP contribution in [0.2, 0.25) is 0 Å². The second-order valence-electron chi connectivity index (χ2n) is 5.39. The van der Waals surface area contributed by atoms with Crippen LogP contribution in [0.1, 0.15) is 5.56 Å². The smallest absolute Gasteiger partial charge is 0.313 e. The summed E-state index contributed by atoms with van der Waals surface area (Å²) in [6.45, 7) is 0.287. The van der Waals surface area contributed by atoms with E-state index in [4.69, 9.17) is 0 Å². The predicted molar refractivity (Wildman–Crippen MR) is 90.3 cm³/mol. The van der Waals surface area contributed by atoms with E-state index in [1.54, 1.807) is 24.3 Å². The number of hydrogen-bond donors (Lipinski definition) is 2. The van der Waals surface area contributed by atoms with Crippen LogP contribution in [0.15, 0.2) is 42.6 Å². The van der Waals surface area contributed by atoms with Crippen molar-refractivity contribution in [1.82, 2.24) is 10.3 Å². The largest absolute Gasteiger partial charge is 0.363 e. The molecule has 1 aromatic heterocycles. The van der Waals surface area contributed by atoms with Crippen molar-refractivity contribution in [3.63, 3.8) is 0 Å². The van der Waals surface area contributed by atoms with Gasteiger partial charge in [-0.3, -0.25) is 9.59 Å². The van der Waals surface area contributed by atoms with Crippen LogP contribution < -0.4 is 15.5 Å². The Labute approximate surface area is 139 Å². The molecule has 2 amide bonds. The van der Waals surface area contributed by atoms with Gasteiger partial charge in [0.2, 0.25) is 0 Å². The van der Waals surface area contributed by atoms with Gasteiger partial charge in [0, 0.05) is 20.6 Å². The van der Waals surface area contributed by atoms with E-state index in [9.17, 15) is 14.0 Å². The summed E-state index contributed by atoms with van der Waals surface area (Å²) in [5.41, 5.74) is 1.32. The quantitative estimate of drug-likeness (QED) is 0.817. The third kappa shape index (κ3) is 5.05. The molecule has 24 heavy (non-hydrogen) atoms. The number of pyridine rings is 1. The molecule has 0 aliphatic rings. The number of carbonyl (C=O) groups is 2. The molecule has 1 aromatic carbocycles. The molecule has 0 saturated heterocycles. The van der Waals surface area contributed by atoms with E-state index in [0.717, 1.165) is 11.4 Å². The SMILES string of the molecule is CN(C)c1ccc(NC(=O)C(=O)NCCc2ccc(F)cc2)cn1. The highest BCUT2D eigenvalue weighted by Crippen LogP contribution is 2.11. The zero-order valence-electron chi connectivity index (χ0n) is 13.5. The fourth-order valence-electron chi connectivity index (χ4n) is 1.96. The van der Waals surface area contributed by atoms with Gasteiger partial charge in [0.15, 0.2) is 0 Å². The normalized spacial score (nSPS) is 10.1. The van der Waals surface area contributed by atoms with Crippen LogP contribution in [0.4, 0.5) is 15.9 Å². The fraction of sp³-hybridized carbons (Fsp3) is 0.235. The minimum Gasteiger partial charge on any atom is -0.363 e. The highest BCUT2D eigenvalue weighted by molar-refractivity contribution is 6.39. The van der Waals surface area contributed by atoms with Gasteiger partial charge in [-0.05, 0) is 36.2 Å². The Balaban J connectivity index is 1.79. The standard InChI is InChI=1S/C17H19FN4O2/c1-22(2)15-8-7-14(11-20-15)21-17(24)16(23)19-10-9-12-3-5-13(18)6-4-12/h3-8,11H,9-10H2,1-2H3,(H,19,23)(H,21,24). The van der Waals surface area contributed by atoms with Gasteiger partial charge in [-0.2, -0.15) is 0 Å². The van der Waals surface area contributed by atoms with Crippen LogP contribution >= 0.6 is 0 Å². The van der Waals surface area contributed by atoms with E-state index in [0.29, 0.717) is 12.1 Å². The number of nitrogens with zero attached hydrogens (tertiary/aromatic N) is 2. The molecule has 0 bridgehead atoms. The lowest BCUT2D eigenvalue weighted by molar-refractivity contribution is -0.136. The molecule has 0 unspecified atom stereocenters. The molecule has 2 N–H and O–H groups in total. The van der Waals surface area contributed by atoms with Crippen molar-refractivity contribution in [3.05, 3.63) is 54.0 Å². The Hall–Kier alpha value is -2.96. The van der Waals surface area contributed by atoms with Crippen LogP contribution in [0.25, 0.3) is 0 Å². The molecule has 0 fully saturated rings. The second-order valence-corrected chi connectivity index (χ2v) is 5.39. The molecule has 126 valence electrons. The number of halogens is 1. The Morgan fingerprint density at radius 2 is 1.79 bits per heavy atom. The van der Waals surface area contributed by atoms with Gasteiger partial charge in [0.25, 0.3) is 0 Å². The van der Waals surface area contributed by atoms with E-state index < -0.39 is 11.8 Å². The van der Waals surface area contributed by atoms with Crippen LogP contribution in [0.3, 0.4) is 0 Å². The van der Waals surface area contributed by atoms with Gasteiger partial charge in [-0.25, -0.2) is 9.37 Å². The summed E-state index contributed by atoms with van der Waals surface area (Å²) < 4.78 is 12.8. The van der Waals surface area contributed by atoms with Crippen LogP contribution in [0.5, 0.6) is 0 Å². The van der Waals surface area contributed by atoms with Gasteiger partial charge < -0.3 is 15.5 Å². The number of rotatable bonds is 5. The summed E-state index contributed by atoms with van der Waals surface area (Å²) in [4.78, 5) is 29.5. The van der Waals surface area contributed by atoms with Crippen molar-refractivity contribution in [2.45, 2.75) is 6.42 Å². The third-order valence-corrected chi connectivity index (χ3v) is 3.28. The third-order valence-electron chi connectivity index (χ3n) is 3.28. The summed E-state index contributed by atoms with van der Waals surface area (Å²) in [7, 11) is 3.71. The Morgan fingerprint density at radius 1 is 1.08 bits per heavy atom. The Morgan fingerprint density at radius 3 is 2.38 bits per heavy atom. The number of carbonyl (C=O) groups excluding carboxylic acids is 2. The maximum Gasteiger partial charge on any atom is 0.313 e. The first-order chi connectivity index (χ1) is 11.5. The summed E-state index contributed by atoms with van der Waals surface area (Å²) in [6, 6.07) is 9.40. The maximum atomic E-state index is 12.8. The lowest BCUT2D eigenvalue weighted by atomic mass is 10.1. The molecule has 2 rings (SSSR count). The van der Waals surface area contributed by atoms with E-state index in [1.165, 1.54) is 18.3 Å². The van der Waals surface area contributed by atoms with Crippen LogP contribution in [-0.4, -0.2) is 37.4 Å². The number of aromatic nitrogens is 1. The molecule has 7 heteroatoms. The monoisotopic (exact) mass is 330 g/mol. The molecule has 6 nitrogen and oxygen atoms in total. The van der Waals surface area contributed by atoms with E-state index >= 15 is 0 Å². The van der Waals surface area contributed by atoms with Crippen molar-refractivity contribution in [1.29, 1.82) is 0 Å². The fourth-order valence-corrected chi connectivity index (χ4v) is 1.96. The van der Waals surface area contributed by atoms with Gasteiger partial charge in [-0.15, -0.1) is 0 Å². The summed E-state index contributed by atoms with van der Waals surface area (Å²) >= 11 is 0. The molecule has 0 aliphatic heterocycles. The first-order valence-corrected chi connectivity index (χ1v) is 7.42. The molecule has 2 aromatic rings. The Bertz CT molecular complexity index is 700. The number of anilines is 2. The molecular weight excluding hydrogens is 311 g/mol. The number of amides is 2. The molecule has 0 radical (unpaired) electrons. The first kappa shape index (κ1) is 17.4. The summed E-state index contributed by atoms with van der Waals surface area (Å²) in [6.07, 6.45) is 2.00. The molecule has 0 aliphatic carbocycles. The highest BCUT2D eigenvalue weighted by atomic mass is 19.1. The molecule has 0 saturated carbocycles.